The molecule has 1 N–H and O–H groups in total. The van der Waals surface area contributed by atoms with E-state index in [0.717, 1.165) is 10.2 Å². The molecule has 0 aliphatic carbocycles. The second-order valence-electron chi connectivity index (χ2n) is 3.75. The van der Waals surface area contributed by atoms with Crippen molar-refractivity contribution in [3.63, 3.8) is 0 Å². The van der Waals surface area contributed by atoms with Crippen molar-refractivity contribution < 1.29 is 0 Å². The van der Waals surface area contributed by atoms with Gasteiger partial charge in [-0.15, -0.1) is 5.10 Å². The minimum atomic E-state index is 0.156. The molecule has 3 heterocycles. The maximum Gasteiger partial charge on any atom is 0.243 e. The zero-order valence-electron chi connectivity index (χ0n) is 9.59. The van der Waals surface area contributed by atoms with Gasteiger partial charge in [0.25, 0.3) is 0 Å². The molecule has 0 aromatic carbocycles. The summed E-state index contributed by atoms with van der Waals surface area (Å²) in [5.74, 6) is 0.586. The van der Waals surface area contributed by atoms with E-state index < -0.39 is 0 Å². The van der Waals surface area contributed by atoms with Crippen LogP contribution in [0, 0.1) is 0 Å². The highest BCUT2D eigenvalue weighted by Crippen LogP contribution is 2.19. The lowest BCUT2D eigenvalue weighted by atomic mass is 10.3. The van der Waals surface area contributed by atoms with Gasteiger partial charge in [-0.05, 0) is 45.2 Å². The van der Waals surface area contributed by atoms with Gasteiger partial charge in [-0.3, -0.25) is 4.98 Å². The van der Waals surface area contributed by atoms with Crippen LogP contribution >= 0.6 is 27.5 Å². The lowest BCUT2D eigenvalue weighted by molar-refractivity contribution is 0.879. The average Bonchev–Trinajstić information content (AvgIpc) is 2.79. The normalized spacial score (nSPS) is 10.8. The van der Waals surface area contributed by atoms with Crippen molar-refractivity contribution in [1.82, 2.24) is 24.6 Å². The lowest BCUT2D eigenvalue weighted by Crippen LogP contribution is -2.06. The fourth-order valence-electron chi connectivity index (χ4n) is 1.63. The molecule has 0 aliphatic heterocycles. The third-order valence-corrected chi connectivity index (χ3v) is 3.20. The molecule has 0 saturated carbocycles. The van der Waals surface area contributed by atoms with Crippen molar-refractivity contribution >= 4 is 39.0 Å². The molecule has 96 valence electrons. The highest BCUT2D eigenvalue weighted by atomic mass is 79.9. The Balaban J connectivity index is 1.92. The van der Waals surface area contributed by atoms with Gasteiger partial charge < -0.3 is 5.32 Å². The summed E-state index contributed by atoms with van der Waals surface area (Å²) < 4.78 is 2.31. The maximum absolute atomic E-state index is 5.89. The Bertz CT molecular complexity index is 714. The molecule has 0 unspecified atom stereocenters. The number of nitrogens with zero attached hydrogens (tertiary/aromatic N) is 5. The zero-order chi connectivity index (χ0) is 13.2. The van der Waals surface area contributed by atoms with Crippen LogP contribution in [0.25, 0.3) is 5.65 Å². The van der Waals surface area contributed by atoms with E-state index >= 15 is 0 Å². The van der Waals surface area contributed by atoms with Gasteiger partial charge >= 0.3 is 0 Å². The first kappa shape index (κ1) is 12.3. The fraction of sp³-hybridized carbons (Fsp3) is 0.0909. The Morgan fingerprint density at radius 1 is 1.32 bits per heavy atom. The van der Waals surface area contributed by atoms with Gasteiger partial charge in [-0.1, -0.05) is 0 Å². The van der Waals surface area contributed by atoms with Crippen LogP contribution in [0.4, 0.5) is 5.82 Å². The van der Waals surface area contributed by atoms with Gasteiger partial charge in [-0.2, -0.15) is 4.98 Å². The van der Waals surface area contributed by atoms with Crippen LogP contribution in [-0.2, 0) is 6.54 Å². The summed E-state index contributed by atoms with van der Waals surface area (Å²) in [6.07, 6.45) is 5.13. The molecule has 3 aromatic rings. The van der Waals surface area contributed by atoms with Crippen molar-refractivity contribution in [3.05, 3.63) is 46.2 Å². The SMILES string of the molecule is Clc1nc(NCc2ccncc2)c2ncc(Br)n2n1. The van der Waals surface area contributed by atoms with Gasteiger partial charge in [0.1, 0.15) is 4.60 Å². The topological polar surface area (TPSA) is 68.0 Å². The number of halogens is 2. The van der Waals surface area contributed by atoms with Gasteiger partial charge in [0.05, 0.1) is 6.20 Å². The maximum atomic E-state index is 5.89. The lowest BCUT2D eigenvalue weighted by Gasteiger charge is -2.06. The highest BCUT2D eigenvalue weighted by molar-refractivity contribution is 9.10. The van der Waals surface area contributed by atoms with E-state index in [4.69, 9.17) is 11.6 Å². The van der Waals surface area contributed by atoms with E-state index in [1.54, 1.807) is 23.1 Å². The molecule has 19 heavy (non-hydrogen) atoms. The molecule has 0 fully saturated rings. The number of pyridine rings is 1. The number of fused-ring (bicyclic) bond motifs is 1. The molecule has 0 bridgehead atoms. The standard InChI is InChI=1S/C11H8BrClN6/c12-8-6-16-10-9(17-11(13)18-19(8)10)15-5-7-1-3-14-4-2-7/h1-4,6H,5H2,(H,15,17,18). The number of rotatable bonds is 3. The predicted octanol–water partition coefficient (Wildman–Crippen LogP) is 2.55. The summed E-state index contributed by atoms with van der Waals surface area (Å²) in [6, 6.07) is 3.85. The Labute approximate surface area is 122 Å². The Hall–Kier alpha value is -1.73. The molecular weight excluding hydrogens is 332 g/mol. The van der Waals surface area contributed by atoms with Crippen molar-refractivity contribution in [3.8, 4) is 0 Å². The molecular formula is C11H8BrClN6. The molecule has 0 amide bonds. The summed E-state index contributed by atoms with van der Waals surface area (Å²) in [7, 11) is 0. The predicted molar refractivity (Wildman–Crippen MR) is 75.1 cm³/mol. The third-order valence-electron chi connectivity index (χ3n) is 2.50. The van der Waals surface area contributed by atoms with Crippen molar-refractivity contribution in [2.24, 2.45) is 0 Å². The number of imidazole rings is 1. The minimum Gasteiger partial charge on any atom is -0.363 e. The second kappa shape index (κ2) is 5.10. The molecule has 6 nitrogen and oxygen atoms in total. The van der Waals surface area contributed by atoms with E-state index in [1.165, 1.54) is 0 Å². The summed E-state index contributed by atoms with van der Waals surface area (Å²) in [4.78, 5) is 12.4. The molecule has 8 heteroatoms. The summed E-state index contributed by atoms with van der Waals surface area (Å²) in [5.41, 5.74) is 1.71. The van der Waals surface area contributed by atoms with E-state index in [9.17, 15) is 0 Å². The van der Waals surface area contributed by atoms with Crippen LogP contribution < -0.4 is 5.32 Å². The Kier molecular flexibility index (Phi) is 3.31. The first-order valence-corrected chi connectivity index (χ1v) is 6.60. The average molecular weight is 340 g/mol. The smallest absolute Gasteiger partial charge is 0.243 e. The molecule has 0 spiro atoms. The Morgan fingerprint density at radius 3 is 2.89 bits per heavy atom. The van der Waals surface area contributed by atoms with Crippen LogP contribution in [0.3, 0.4) is 0 Å². The monoisotopic (exact) mass is 338 g/mol. The first-order valence-electron chi connectivity index (χ1n) is 5.43. The molecule has 0 saturated heterocycles. The second-order valence-corrected chi connectivity index (χ2v) is 4.91. The number of nitrogens with one attached hydrogen (secondary N) is 1. The number of anilines is 1. The quantitative estimate of drug-likeness (QED) is 0.794. The van der Waals surface area contributed by atoms with Crippen LogP contribution in [-0.4, -0.2) is 24.6 Å². The number of aromatic nitrogens is 5. The van der Waals surface area contributed by atoms with Gasteiger partial charge in [0.2, 0.25) is 5.28 Å². The number of hydrogen-bond acceptors (Lipinski definition) is 5. The summed E-state index contributed by atoms with van der Waals surface area (Å²) in [5, 5.41) is 7.41. The zero-order valence-corrected chi connectivity index (χ0v) is 11.9. The fourth-order valence-corrected chi connectivity index (χ4v) is 2.14. The molecule has 0 radical (unpaired) electrons. The van der Waals surface area contributed by atoms with Gasteiger partial charge in [0.15, 0.2) is 11.5 Å². The summed E-state index contributed by atoms with van der Waals surface area (Å²) in [6.45, 7) is 0.607. The van der Waals surface area contributed by atoms with Crippen LogP contribution in [0.5, 0.6) is 0 Å². The van der Waals surface area contributed by atoms with Gasteiger partial charge in [0, 0.05) is 18.9 Å². The van der Waals surface area contributed by atoms with Crippen molar-refractivity contribution in [1.29, 1.82) is 0 Å². The van der Waals surface area contributed by atoms with Crippen LogP contribution in [0.2, 0.25) is 5.28 Å². The van der Waals surface area contributed by atoms with Crippen molar-refractivity contribution in [2.75, 3.05) is 5.32 Å². The third kappa shape index (κ3) is 2.52. The van der Waals surface area contributed by atoms with Gasteiger partial charge in [-0.25, -0.2) is 9.50 Å². The van der Waals surface area contributed by atoms with Crippen LogP contribution in [0.15, 0.2) is 35.3 Å². The molecule has 3 aromatic heterocycles. The van der Waals surface area contributed by atoms with E-state index in [0.29, 0.717) is 18.0 Å². The van der Waals surface area contributed by atoms with E-state index in [-0.39, 0.29) is 5.28 Å². The first-order chi connectivity index (χ1) is 9.24. The molecule has 0 aliphatic rings. The summed E-state index contributed by atoms with van der Waals surface area (Å²) >= 11 is 9.24. The van der Waals surface area contributed by atoms with Crippen molar-refractivity contribution in [2.45, 2.75) is 6.54 Å². The van der Waals surface area contributed by atoms with Crippen LogP contribution in [0.1, 0.15) is 5.56 Å². The Morgan fingerprint density at radius 2 is 2.11 bits per heavy atom. The minimum absolute atomic E-state index is 0.156. The molecule has 0 atom stereocenters. The molecule has 3 rings (SSSR count). The number of hydrogen-bond donors (Lipinski definition) is 1. The largest absolute Gasteiger partial charge is 0.363 e. The van der Waals surface area contributed by atoms with E-state index in [2.05, 4.69) is 41.3 Å². The highest BCUT2D eigenvalue weighted by Gasteiger charge is 2.10. The van der Waals surface area contributed by atoms with E-state index in [1.807, 2.05) is 12.1 Å².